The van der Waals surface area contributed by atoms with Crippen LogP contribution < -0.4 is 34.7 Å². The summed E-state index contributed by atoms with van der Waals surface area (Å²) in [6.45, 7) is 4.67. The molecule has 0 saturated carbocycles. The molecule has 0 aliphatic carbocycles. The van der Waals surface area contributed by atoms with Crippen molar-refractivity contribution in [1.82, 2.24) is 4.90 Å². The molecule has 0 radical (unpaired) electrons. The largest absolute Gasteiger partial charge is 1.00 e. The van der Waals surface area contributed by atoms with Crippen LogP contribution in [0, 0.1) is 0 Å². The Morgan fingerprint density at radius 3 is 2.45 bits per heavy atom. The van der Waals surface area contributed by atoms with Crippen molar-refractivity contribution >= 4 is 0 Å². The van der Waals surface area contributed by atoms with E-state index in [-0.39, 0.29) is 36.2 Å². The Hall–Kier alpha value is 0.880. The maximum absolute atomic E-state index is 10.1. The molecule has 1 saturated heterocycles. The van der Waals surface area contributed by atoms with Crippen LogP contribution in [0.25, 0.3) is 0 Å². The third-order valence-corrected chi connectivity index (χ3v) is 1.72. The van der Waals surface area contributed by atoms with Crippen molar-refractivity contribution in [2.45, 2.75) is 6.42 Å². The standard InChI is InChI=1S/C7H14NO2.Na/c9-5-1-2-8-3-6-10-7-4-8;/h1-7H2;/q-1;+1. The van der Waals surface area contributed by atoms with Crippen molar-refractivity contribution in [3.8, 4) is 0 Å². The van der Waals surface area contributed by atoms with Gasteiger partial charge in [-0.2, -0.15) is 0 Å². The van der Waals surface area contributed by atoms with E-state index in [1.165, 1.54) is 0 Å². The predicted octanol–water partition coefficient (Wildman–Crippen LogP) is -3.93. The van der Waals surface area contributed by atoms with E-state index in [1.54, 1.807) is 0 Å². The van der Waals surface area contributed by atoms with Gasteiger partial charge in [0, 0.05) is 13.1 Å². The molecular formula is C7H14NNaO2. The summed E-state index contributed by atoms with van der Waals surface area (Å²) in [5.74, 6) is 0. The normalized spacial score (nSPS) is 19.4. The van der Waals surface area contributed by atoms with Gasteiger partial charge in [-0.1, -0.05) is 6.42 Å². The molecule has 11 heavy (non-hydrogen) atoms. The SMILES string of the molecule is [Na+].[O-]CCCN1CCOCC1. The Morgan fingerprint density at radius 2 is 1.91 bits per heavy atom. The maximum atomic E-state index is 10.1. The van der Waals surface area contributed by atoms with Crippen LogP contribution in [0.3, 0.4) is 0 Å². The summed E-state index contributed by atoms with van der Waals surface area (Å²) >= 11 is 0. The number of morpholine rings is 1. The molecule has 4 heteroatoms. The zero-order valence-corrected chi connectivity index (χ0v) is 9.21. The van der Waals surface area contributed by atoms with Gasteiger partial charge in [-0.15, -0.1) is 6.61 Å². The molecule has 1 rings (SSSR count). The van der Waals surface area contributed by atoms with E-state index in [4.69, 9.17) is 4.74 Å². The minimum atomic E-state index is 0. The van der Waals surface area contributed by atoms with Gasteiger partial charge >= 0.3 is 29.6 Å². The van der Waals surface area contributed by atoms with E-state index in [0.29, 0.717) is 0 Å². The van der Waals surface area contributed by atoms with E-state index < -0.39 is 0 Å². The van der Waals surface area contributed by atoms with Gasteiger partial charge in [0.2, 0.25) is 0 Å². The Labute approximate surface area is 90.0 Å². The van der Waals surface area contributed by atoms with Gasteiger partial charge in [0.15, 0.2) is 0 Å². The van der Waals surface area contributed by atoms with Gasteiger partial charge in [0.1, 0.15) is 0 Å². The maximum Gasteiger partial charge on any atom is 1.00 e. The number of ether oxygens (including phenoxy) is 1. The Balaban J connectivity index is 0.000001000. The molecule has 0 bridgehead atoms. The summed E-state index contributed by atoms with van der Waals surface area (Å²) in [5, 5.41) is 10.1. The van der Waals surface area contributed by atoms with Crippen molar-refractivity contribution in [2.75, 3.05) is 39.5 Å². The van der Waals surface area contributed by atoms with Gasteiger partial charge in [-0.25, -0.2) is 0 Å². The zero-order chi connectivity index (χ0) is 7.23. The van der Waals surface area contributed by atoms with Crippen LogP contribution in [0.15, 0.2) is 0 Å². The van der Waals surface area contributed by atoms with Crippen molar-refractivity contribution in [2.24, 2.45) is 0 Å². The minimum absolute atomic E-state index is 0. The van der Waals surface area contributed by atoms with Gasteiger partial charge in [0.25, 0.3) is 0 Å². The molecule has 1 fully saturated rings. The first kappa shape index (κ1) is 11.9. The first-order chi connectivity index (χ1) is 4.93. The quantitative estimate of drug-likeness (QED) is 0.403. The van der Waals surface area contributed by atoms with Crippen molar-refractivity contribution in [3.05, 3.63) is 0 Å². The van der Waals surface area contributed by atoms with Crippen LogP contribution in [-0.2, 0) is 4.74 Å². The van der Waals surface area contributed by atoms with E-state index >= 15 is 0 Å². The molecule has 0 N–H and O–H groups in total. The number of hydrogen-bond donors (Lipinski definition) is 0. The van der Waals surface area contributed by atoms with Gasteiger partial charge in [0.05, 0.1) is 13.2 Å². The van der Waals surface area contributed by atoms with Crippen molar-refractivity contribution in [3.63, 3.8) is 0 Å². The molecule has 1 heterocycles. The third kappa shape index (κ3) is 5.17. The molecule has 0 aromatic carbocycles. The molecule has 0 aromatic heterocycles. The first-order valence-corrected chi connectivity index (χ1v) is 3.81. The zero-order valence-electron chi connectivity index (χ0n) is 7.21. The van der Waals surface area contributed by atoms with E-state index in [9.17, 15) is 5.11 Å². The summed E-state index contributed by atoms with van der Waals surface area (Å²) in [6.07, 6.45) is 0.778. The average molecular weight is 167 g/mol. The second-order valence-corrected chi connectivity index (χ2v) is 2.51. The summed E-state index contributed by atoms with van der Waals surface area (Å²) in [7, 11) is 0. The monoisotopic (exact) mass is 167 g/mol. The van der Waals surface area contributed by atoms with Crippen LogP contribution in [0.4, 0.5) is 0 Å². The van der Waals surface area contributed by atoms with Crippen LogP contribution >= 0.6 is 0 Å². The molecule has 0 aromatic rings. The molecule has 0 atom stereocenters. The Kier molecular flexibility index (Phi) is 8.13. The molecule has 3 nitrogen and oxygen atoms in total. The predicted molar refractivity (Wildman–Crippen MR) is 36.7 cm³/mol. The summed E-state index contributed by atoms with van der Waals surface area (Å²) in [4.78, 5) is 2.28. The fraction of sp³-hybridized carbons (Fsp3) is 1.00. The third-order valence-electron chi connectivity index (χ3n) is 1.72. The van der Waals surface area contributed by atoms with Crippen molar-refractivity contribution < 1.29 is 39.4 Å². The summed E-state index contributed by atoms with van der Waals surface area (Å²) in [5.41, 5.74) is 0. The smallest absolute Gasteiger partial charge is 0.854 e. The second-order valence-electron chi connectivity index (χ2n) is 2.51. The van der Waals surface area contributed by atoms with E-state index in [2.05, 4.69) is 4.90 Å². The molecule has 0 unspecified atom stereocenters. The van der Waals surface area contributed by atoms with Crippen LogP contribution in [-0.4, -0.2) is 44.4 Å². The minimum Gasteiger partial charge on any atom is -0.854 e. The average Bonchev–Trinajstić information content (AvgIpc) is 2.03. The molecule has 1 aliphatic heterocycles. The first-order valence-electron chi connectivity index (χ1n) is 3.81. The number of hydrogen-bond acceptors (Lipinski definition) is 3. The molecule has 60 valence electrons. The van der Waals surface area contributed by atoms with Gasteiger partial charge < -0.3 is 9.84 Å². The fourth-order valence-electron chi connectivity index (χ4n) is 1.11. The summed E-state index contributed by atoms with van der Waals surface area (Å²) in [6, 6.07) is 0. The van der Waals surface area contributed by atoms with Crippen LogP contribution in [0.5, 0.6) is 0 Å². The topological polar surface area (TPSA) is 35.5 Å². The molecule has 0 amide bonds. The second kappa shape index (κ2) is 7.53. The molecular weight excluding hydrogens is 153 g/mol. The molecule has 1 aliphatic rings. The van der Waals surface area contributed by atoms with E-state index in [1.807, 2.05) is 0 Å². The number of nitrogens with zero attached hydrogens (tertiary/aromatic N) is 1. The van der Waals surface area contributed by atoms with Crippen LogP contribution in [0.2, 0.25) is 0 Å². The Morgan fingerprint density at radius 1 is 1.27 bits per heavy atom. The van der Waals surface area contributed by atoms with Crippen LogP contribution in [0.1, 0.15) is 6.42 Å². The molecule has 0 spiro atoms. The van der Waals surface area contributed by atoms with E-state index in [0.717, 1.165) is 39.3 Å². The van der Waals surface area contributed by atoms with Gasteiger partial charge in [-0.3, -0.25) is 4.90 Å². The summed E-state index contributed by atoms with van der Waals surface area (Å²) < 4.78 is 5.16. The fourth-order valence-corrected chi connectivity index (χ4v) is 1.11. The Bertz CT molecular complexity index is 86.5. The van der Waals surface area contributed by atoms with Gasteiger partial charge in [-0.05, 0) is 6.54 Å². The number of rotatable bonds is 3. The van der Waals surface area contributed by atoms with Crippen molar-refractivity contribution in [1.29, 1.82) is 0 Å².